The Morgan fingerprint density at radius 3 is 2.36 bits per heavy atom. The van der Waals surface area contributed by atoms with Gasteiger partial charge in [-0.25, -0.2) is 9.37 Å². The minimum atomic E-state index is -1.91. The van der Waals surface area contributed by atoms with Crippen molar-refractivity contribution < 1.29 is 8.82 Å². The summed E-state index contributed by atoms with van der Waals surface area (Å²) in [6.07, 6.45) is 5.15. The lowest BCUT2D eigenvalue weighted by Gasteiger charge is -2.37. The molecule has 0 atom stereocenters. The summed E-state index contributed by atoms with van der Waals surface area (Å²) in [6, 6.07) is 5.63. The summed E-state index contributed by atoms with van der Waals surface area (Å²) in [6.45, 7) is 14.4. The number of piperazine rings is 1. The van der Waals surface area contributed by atoms with E-state index in [1.54, 1.807) is 18.6 Å². The van der Waals surface area contributed by atoms with E-state index < -0.39 is 8.32 Å². The number of nitrogens with zero attached hydrogens (tertiary/aromatic N) is 4. The molecule has 7 heteroatoms. The second-order valence-electron chi connectivity index (χ2n) is 8.84. The van der Waals surface area contributed by atoms with Crippen LogP contribution in [-0.4, -0.2) is 44.5 Å². The summed E-state index contributed by atoms with van der Waals surface area (Å²) in [5.74, 6) is 0.716. The van der Waals surface area contributed by atoms with E-state index in [4.69, 9.17) is 4.43 Å². The predicted molar refractivity (Wildman–Crippen MR) is 115 cm³/mol. The van der Waals surface area contributed by atoms with Crippen LogP contribution in [-0.2, 0) is 11.0 Å². The number of benzene rings is 1. The summed E-state index contributed by atoms with van der Waals surface area (Å²) in [5, 5.41) is 0.109. The van der Waals surface area contributed by atoms with Crippen LogP contribution >= 0.6 is 0 Å². The Labute approximate surface area is 168 Å². The van der Waals surface area contributed by atoms with E-state index in [2.05, 4.69) is 53.6 Å². The SMILES string of the molecule is CC(C)(C)[Si](C)(C)OCc1cccc(N2CCN(c3cnccn3)CC2)c1F. The van der Waals surface area contributed by atoms with Gasteiger partial charge in [0, 0.05) is 44.1 Å². The first-order chi connectivity index (χ1) is 13.2. The minimum Gasteiger partial charge on any atom is -0.412 e. The molecule has 0 unspecified atom stereocenters. The van der Waals surface area contributed by atoms with E-state index >= 15 is 4.39 Å². The van der Waals surface area contributed by atoms with Crippen LogP contribution in [0, 0.1) is 5.82 Å². The topological polar surface area (TPSA) is 41.5 Å². The predicted octanol–water partition coefficient (Wildman–Crippen LogP) is 4.46. The molecule has 1 aromatic heterocycles. The second-order valence-corrected chi connectivity index (χ2v) is 13.6. The van der Waals surface area contributed by atoms with Crippen molar-refractivity contribution >= 4 is 19.8 Å². The van der Waals surface area contributed by atoms with Crippen LogP contribution in [0.3, 0.4) is 0 Å². The summed E-state index contributed by atoms with van der Waals surface area (Å²) in [5.41, 5.74) is 1.30. The van der Waals surface area contributed by atoms with Crippen LogP contribution in [0.1, 0.15) is 26.3 Å². The monoisotopic (exact) mass is 402 g/mol. The Hall–Kier alpha value is -1.99. The molecule has 28 heavy (non-hydrogen) atoms. The number of aromatic nitrogens is 2. The van der Waals surface area contributed by atoms with Gasteiger partial charge in [-0.05, 0) is 24.2 Å². The van der Waals surface area contributed by atoms with Gasteiger partial charge in [0.2, 0.25) is 0 Å². The highest BCUT2D eigenvalue weighted by Gasteiger charge is 2.37. The molecule has 0 N–H and O–H groups in total. The Balaban J connectivity index is 1.67. The molecule has 0 spiro atoms. The molecule has 3 rings (SSSR count). The molecule has 0 amide bonds. The first-order valence-corrected chi connectivity index (χ1v) is 12.8. The highest BCUT2D eigenvalue weighted by Crippen LogP contribution is 2.37. The average molecular weight is 403 g/mol. The van der Waals surface area contributed by atoms with Gasteiger partial charge >= 0.3 is 0 Å². The van der Waals surface area contributed by atoms with E-state index in [0.717, 1.165) is 32.0 Å². The molecule has 0 radical (unpaired) electrons. The summed E-state index contributed by atoms with van der Waals surface area (Å²) in [7, 11) is -1.91. The molecule has 1 fully saturated rings. The van der Waals surface area contributed by atoms with Crippen molar-refractivity contribution in [1.29, 1.82) is 0 Å². The minimum absolute atomic E-state index is 0.109. The zero-order valence-corrected chi connectivity index (χ0v) is 18.6. The maximum Gasteiger partial charge on any atom is 0.192 e. The smallest absolute Gasteiger partial charge is 0.192 e. The van der Waals surface area contributed by atoms with Gasteiger partial charge in [0.25, 0.3) is 0 Å². The van der Waals surface area contributed by atoms with Crippen molar-refractivity contribution in [3.63, 3.8) is 0 Å². The maximum absolute atomic E-state index is 15.2. The first-order valence-electron chi connectivity index (χ1n) is 9.86. The van der Waals surface area contributed by atoms with Gasteiger partial charge in [-0.3, -0.25) is 4.98 Å². The second kappa shape index (κ2) is 8.17. The van der Waals surface area contributed by atoms with Crippen molar-refractivity contribution in [1.82, 2.24) is 9.97 Å². The standard InChI is InChI=1S/C21H31FN4OSi/c1-21(2,3)28(4,5)27-16-17-7-6-8-18(20(17)22)25-11-13-26(14-12-25)19-15-23-9-10-24-19/h6-10,15H,11-14,16H2,1-5H3. The van der Waals surface area contributed by atoms with E-state index in [0.29, 0.717) is 17.9 Å². The Kier molecular flexibility index (Phi) is 6.05. The van der Waals surface area contributed by atoms with Gasteiger partial charge in [-0.15, -0.1) is 0 Å². The van der Waals surface area contributed by atoms with Crippen LogP contribution in [0.15, 0.2) is 36.8 Å². The highest BCUT2D eigenvalue weighted by molar-refractivity contribution is 6.74. The van der Waals surface area contributed by atoms with Crippen LogP contribution < -0.4 is 9.80 Å². The van der Waals surface area contributed by atoms with Crippen molar-refractivity contribution in [2.75, 3.05) is 36.0 Å². The normalized spacial score (nSPS) is 15.8. The summed E-state index contributed by atoms with van der Waals surface area (Å²) < 4.78 is 21.4. The number of anilines is 2. The fraction of sp³-hybridized carbons (Fsp3) is 0.524. The molecule has 152 valence electrons. The number of rotatable bonds is 5. The maximum atomic E-state index is 15.2. The van der Waals surface area contributed by atoms with Gasteiger partial charge in [0.1, 0.15) is 5.82 Å². The lowest BCUT2D eigenvalue weighted by atomic mass is 10.1. The van der Waals surface area contributed by atoms with Crippen LogP contribution in [0.2, 0.25) is 18.1 Å². The van der Waals surface area contributed by atoms with Gasteiger partial charge in [0.05, 0.1) is 18.5 Å². The molecular formula is C21H31FN4OSi. The fourth-order valence-electron chi connectivity index (χ4n) is 3.03. The Morgan fingerprint density at radius 1 is 1.07 bits per heavy atom. The van der Waals surface area contributed by atoms with Gasteiger partial charge in [-0.2, -0.15) is 0 Å². The molecule has 2 heterocycles. The molecule has 1 aliphatic heterocycles. The third kappa shape index (κ3) is 4.52. The van der Waals surface area contributed by atoms with Crippen molar-refractivity contribution in [3.05, 3.63) is 48.2 Å². The van der Waals surface area contributed by atoms with Crippen LogP contribution in [0.25, 0.3) is 0 Å². The molecule has 1 saturated heterocycles. The molecular weight excluding hydrogens is 371 g/mol. The largest absolute Gasteiger partial charge is 0.412 e. The average Bonchev–Trinajstić information content (AvgIpc) is 2.67. The van der Waals surface area contributed by atoms with Gasteiger partial charge < -0.3 is 14.2 Å². The van der Waals surface area contributed by atoms with E-state index in [1.165, 1.54) is 0 Å². The van der Waals surface area contributed by atoms with E-state index in [-0.39, 0.29) is 10.9 Å². The summed E-state index contributed by atoms with van der Waals surface area (Å²) >= 11 is 0. The number of hydrogen-bond acceptors (Lipinski definition) is 5. The molecule has 0 bridgehead atoms. The zero-order valence-electron chi connectivity index (χ0n) is 17.6. The van der Waals surface area contributed by atoms with Gasteiger partial charge in [-0.1, -0.05) is 32.9 Å². The van der Waals surface area contributed by atoms with Crippen LogP contribution in [0.4, 0.5) is 15.9 Å². The molecule has 0 aliphatic carbocycles. The first kappa shape index (κ1) is 20.7. The fourth-order valence-corrected chi connectivity index (χ4v) is 3.98. The molecule has 2 aromatic rings. The van der Waals surface area contributed by atoms with Crippen molar-refractivity contribution in [3.8, 4) is 0 Å². The lowest BCUT2D eigenvalue weighted by molar-refractivity contribution is 0.271. The van der Waals surface area contributed by atoms with Gasteiger partial charge in [0.15, 0.2) is 14.1 Å². The molecule has 1 aromatic carbocycles. The number of hydrogen-bond donors (Lipinski definition) is 0. The third-order valence-corrected chi connectivity index (χ3v) is 10.4. The Bertz CT molecular complexity index is 787. The molecule has 5 nitrogen and oxygen atoms in total. The van der Waals surface area contributed by atoms with Crippen molar-refractivity contribution in [2.45, 2.75) is 45.5 Å². The summed E-state index contributed by atoms with van der Waals surface area (Å²) in [4.78, 5) is 12.8. The van der Waals surface area contributed by atoms with E-state index in [9.17, 15) is 0 Å². The van der Waals surface area contributed by atoms with Crippen LogP contribution in [0.5, 0.6) is 0 Å². The molecule has 0 saturated carbocycles. The highest BCUT2D eigenvalue weighted by atomic mass is 28.4. The van der Waals surface area contributed by atoms with Crippen molar-refractivity contribution in [2.24, 2.45) is 0 Å². The Morgan fingerprint density at radius 2 is 1.75 bits per heavy atom. The number of halogens is 1. The lowest BCUT2D eigenvalue weighted by Crippen LogP contribution is -2.47. The van der Waals surface area contributed by atoms with E-state index in [1.807, 2.05) is 18.2 Å². The zero-order chi connectivity index (χ0) is 20.4. The molecule has 1 aliphatic rings. The quantitative estimate of drug-likeness (QED) is 0.691. The third-order valence-electron chi connectivity index (χ3n) is 5.95.